The Kier molecular flexibility index (Phi) is 6.28. The summed E-state index contributed by atoms with van der Waals surface area (Å²) in [6, 6.07) is 16.1. The first kappa shape index (κ1) is 20.6. The van der Waals surface area contributed by atoms with Crippen molar-refractivity contribution in [2.24, 2.45) is 7.05 Å². The lowest BCUT2D eigenvalue weighted by Gasteiger charge is -2.14. The maximum absolute atomic E-state index is 12.7. The van der Waals surface area contributed by atoms with Crippen molar-refractivity contribution < 1.29 is 14.3 Å². The van der Waals surface area contributed by atoms with Crippen LogP contribution >= 0.6 is 0 Å². The van der Waals surface area contributed by atoms with Crippen LogP contribution in [0, 0.1) is 0 Å². The molecule has 0 bridgehead atoms. The maximum Gasteiger partial charge on any atom is 0.294 e. The van der Waals surface area contributed by atoms with Gasteiger partial charge in [-0.3, -0.25) is 9.59 Å². The van der Waals surface area contributed by atoms with Crippen molar-refractivity contribution >= 4 is 17.3 Å². The number of nitrogens with zero attached hydrogens (tertiary/aromatic N) is 2. The molecule has 1 atom stereocenters. The van der Waals surface area contributed by atoms with Gasteiger partial charge in [0.05, 0.1) is 12.3 Å². The summed E-state index contributed by atoms with van der Waals surface area (Å²) in [7, 11) is 1.57. The molecule has 4 rings (SSSR count). The molecule has 0 aliphatic carbocycles. The standard InChI is InChI=1S/C23H24N4O4/c1-27-23(29)21(20(15-25-27)31-18-6-3-2-4-7-18)26-17-11-9-16(10-12-17)22(28)24-14-19-8-5-13-30-19/h2-4,6-7,9-12,15,19,26H,5,8,13-14H2,1H3,(H,24,28)/t19-/m1/s1. The summed E-state index contributed by atoms with van der Waals surface area (Å²) in [5.41, 5.74) is 1.12. The van der Waals surface area contributed by atoms with Gasteiger partial charge in [-0.15, -0.1) is 0 Å². The lowest BCUT2D eigenvalue weighted by atomic mass is 10.1. The number of hydrogen-bond donors (Lipinski definition) is 2. The average molecular weight is 420 g/mol. The fraction of sp³-hybridized carbons (Fsp3) is 0.261. The fourth-order valence-corrected chi connectivity index (χ4v) is 3.29. The molecule has 1 aliphatic rings. The van der Waals surface area contributed by atoms with Crippen LogP contribution in [0.15, 0.2) is 65.6 Å². The Balaban J connectivity index is 1.47. The minimum Gasteiger partial charge on any atom is -0.453 e. The summed E-state index contributed by atoms with van der Waals surface area (Å²) in [5.74, 6) is 0.751. The third-order valence-corrected chi connectivity index (χ3v) is 5.00. The average Bonchev–Trinajstić information content (AvgIpc) is 3.32. The molecule has 2 N–H and O–H groups in total. The number of para-hydroxylation sites is 1. The van der Waals surface area contributed by atoms with Crippen LogP contribution in [0.3, 0.4) is 0 Å². The number of amides is 1. The van der Waals surface area contributed by atoms with Gasteiger partial charge >= 0.3 is 0 Å². The second kappa shape index (κ2) is 9.44. The number of anilines is 2. The summed E-state index contributed by atoms with van der Waals surface area (Å²) in [6.45, 7) is 1.26. The van der Waals surface area contributed by atoms with Crippen LogP contribution in [0.1, 0.15) is 23.2 Å². The van der Waals surface area contributed by atoms with Gasteiger partial charge in [-0.05, 0) is 49.2 Å². The number of nitrogens with one attached hydrogen (secondary N) is 2. The topological polar surface area (TPSA) is 94.5 Å². The zero-order valence-electron chi connectivity index (χ0n) is 17.2. The Morgan fingerprint density at radius 1 is 1.19 bits per heavy atom. The van der Waals surface area contributed by atoms with E-state index >= 15 is 0 Å². The zero-order valence-corrected chi connectivity index (χ0v) is 17.2. The number of ether oxygens (including phenoxy) is 2. The number of aryl methyl sites for hydroxylation is 1. The molecule has 3 aromatic rings. The molecule has 8 heteroatoms. The van der Waals surface area contributed by atoms with Crippen molar-refractivity contribution in [3.63, 3.8) is 0 Å². The molecule has 1 fully saturated rings. The number of rotatable bonds is 7. The van der Waals surface area contributed by atoms with Crippen LogP contribution in [0.5, 0.6) is 11.5 Å². The SMILES string of the molecule is Cn1ncc(Oc2ccccc2)c(Nc2ccc(C(=O)NC[C@H]3CCCO3)cc2)c1=O. The Morgan fingerprint density at radius 2 is 1.97 bits per heavy atom. The van der Waals surface area contributed by atoms with E-state index < -0.39 is 0 Å². The van der Waals surface area contributed by atoms with Crippen molar-refractivity contribution in [1.29, 1.82) is 0 Å². The first-order chi connectivity index (χ1) is 15.1. The van der Waals surface area contributed by atoms with Gasteiger partial charge in [-0.2, -0.15) is 5.10 Å². The van der Waals surface area contributed by atoms with Crippen LogP contribution in [0.25, 0.3) is 0 Å². The number of carbonyl (C=O) groups excluding carboxylic acids is 1. The van der Waals surface area contributed by atoms with Crippen LogP contribution in [0.4, 0.5) is 11.4 Å². The van der Waals surface area contributed by atoms with E-state index in [9.17, 15) is 9.59 Å². The highest BCUT2D eigenvalue weighted by Gasteiger charge is 2.17. The monoisotopic (exact) mass is 420 g/mol. The molecular weight excluding hydrogens is 396 g/mol. The fourth-order valence-electron chi connectivity index (χ4n) is 3.29. The minimum atomic E-state index is -0.327. The molecular formula is C23H24N4O4. The van der Waals surface area contributed by atoms with Crippen LogP contribution in [-0.2, 0) is 11.8 Å². The van der Waals surface area contributed by atoms with Crippen molar-refractivity contribution in [2.75, 3.05) is 18.5 Å². The minimum absolute atomic E-state index is 0.0934. The summed E-state index contributed by atoms with van der Waals surface area (Å²) >= 11 is 0. The second-order valence-corrected chi connectivity index (χ2v) is 7.28. The van der Waals surface area contributed by atoms with Gasteiger partial charge in [0, 0.05) is 31.5 Å². The van der Waals surface area contributed by atoms with Crippen molar-refractivity contribution in [1.82, 2.24) is 15.1 Å². The molecule has 0 radical (unpaired) electrons. The molecule has 160 valence electrons. The van der Waals surface area contributed by atoms with Gasteiger partial charge in [0.15, 0.2) is 11.4 Å². The number of carbonyl (C=O) groups is 1. The van der Waals surface area contributed by atoms with Gasteiger partial charge in [0.2, 0.25) is 0 Å². The Bertz CT molecular complexity index is 1090. The molecule has 0 unspecified atom stereocenters. The second-order valence-electron chi connectivity index (χ2n) is 7.28. The molecule has 1 saturated heterocycles. The lowest BCUT2D eigenvalue weighted by molar-refractivity contribution is 0.0858. The molecule has 1 aliphatic heterocycles. The van der Waals surface area contributed by atoms with Crippen molar-refractivity contribution in [3.8, 4) is 11.5 Å². The molecule has 2 aromatic carbocycles. The first-order valence-corrected chi connectivity index (χ1v) is 10.2. The van der Waals surface area contributed by atoms with Crippen molar-refractivity contribution in [2.45, 2.75) is 18.9 Å². The Hall–Kier alpha value is -3.65. The normalized spacial score (nSPS) is 15.5. The van der Waals surface area contributed by atoms with Gasteiger partial charge in [-0.25, -0.2) is 4.68 Å². The first-order valence-electron chi connectivity index (χ1n) is 10.2. The summed E-state index contributed by atoms with van der Waals surface area (Å²) in [6.07, 6.45) is 3.59. The largest absolute Gasteiger partial charge is 0.453 e. The van der Waals surface area contributed by atoms with Crippen molar-refractivity contribution in [3.05, 3.63) is 76.7 Å². The van der Waals surface area contributed by atoms with E-state index in [0.29, 0.717) is 29.3 Å². The smallest absolute Gasteiger partial charge is 0.294 e. The molecule has 0 spiro atoms. The molecule has 2 heterocycles. The summed E-state index contributed by atoms with van der Waals surface area (Å²) in [4.78, 5) is 25.0. The zero-order chi connectivity index (χ0) is 21.6. The molecule has 31 heavy (non-hydrogen) atoms. The number of benzene rings is 2. The highest BCUT2D eigenvalue weighted by molar-refractivity contribution is 5.94. The van der Waals surface area contributed by atoms with E-state index in [0.717, 1.165) is 19.4 Å². The quantitative estimate of drug-likeness (QED) is 0.610. The van der Waals surface area contributed by atoms with E-state index in [4.69, 9.17) is 9.47 Å². The van der Waals surface area contributed by atoms with E-state index in [1.807, 2.05) is 18.2 Å². The van der Waals surface area contributed by atoms with Crippen LogP contribution < -0.4 is 20.9 Å². The summed E-state index contributed by atoms with van der Waals surface area (Å²) in [5, 5.41) is 10.0. The van der Waals surface area contributed by atoms with Gasteiger partial charge in [-0.1, -0.05) is 18.2 Å². The van der Waals surface area contributed by atoms with Gasteiger partial charge < -0.3 is 20.1 Å². The highest BCUT2D eigenvalue weighted by Crippen LogP contribution is 2.28. The highest BCUT2D eigenvalue weighted by atomic mass is 16.5. The third kappa shape index (κ3) is 5.10. The Morgan fingerprint density at radius 3 is 2.68 bits per heavy atom. The molecule has 8 nitrogen and oxygen atoms in total. The predicted octanol–water partition coefficient (Wildman–Crippen LogP) is 3.23. The molecule has 1 aromatic heterocycles. The van der Waals surface area contributed by atoms with Crippen LogP contribution in [-0.4, -0.2) is 34.9 Å². The predicted molar refractivity (Wildman–Crippen MR) is 117 cm³/mol. The summed E-state index contributed by atoms with van der Waals surface area (Å²) < 4.78 is 12.6. The van der Waals surface area contributed by atoms with Crippen LogP contribution in [0.2, 0.25) is 0 Å². The van der Waals surface area contributed by atoms with Gasteiger partial charge in [0.25, 0.3) is 11.5 Å². The van der Waals surface area contributed by atoms with E-state index in [1.165, 1.54) is 10.9 Å². The number of aromatic nitrogens is 2. The molecule has 0 saturated carbocycles. The van der Waals surface area contributed by atoms with E-state index in [1.54, 1.807) is 43.4 Å². The third-order valence-electron chi connectivity index (χ3n) is 5.00. The maximum atomic E-state index is 12.7. The van der Waals surface area contributed by atoms with E-state index in [-0.39, 0.29) is 23.3 Å². The van der Waals surface area contributed by atoms with E-state index in [2.05, 4.69) is 15.7 Å². The van der Waals surface area contributed by atoms with Gasteiger partial charge in [0.1, 0.15) is 5.75 Å². The number of hydrogen-bond acceptors (Lipinski definition) is 6. The Labute approximate surface area is 179 Å². The molecule has 1 amide bonds. The lowest BCUT2D eigenvalue weighted by Crippen LogP contribution is -2.31.